The number of ether oxygens (including phenoxy) is 1. The van der Waals surface area contributed by atoms with Crippen molar-refractivity contribution in [2.75, 3.05) is 17.8 Å². The number of para-hydroxylation sites is 1. The number of methoxy groups -OCH3 is 1. The van der Waals surface area contributed by atoms with Crippen molar-refractivity contribution in [1.29, 1.82) is 0 Å². The molecule has 6 nitrogen and oxygen atoms in total. The zero-order valence-electron chi connectivity index (χ0n) is 16.8. The summed E-state index contributed by atoms with van der Waals surface area (Å²) in [5, 5.41) is 0.472. The smallest absolute Gasteiger partial charge is 0.244 e. The monoisotopic (exact) mass is 452 g/mol. The second-order valence-electron chi connectivity index (χ2n) is 6.86. The molecule has 0 aliphatic heterocycles. The summed E-state index contributed by atoms with van der Waals surface area (Å²) < 4.78 is 31.8. The van der Waals surface area contributed by atoms with Gasteiger partial charge in [-0.3, -0.25) is 9.69 Å². The van der Waals surface area contributed by atoms with Crippen LogP contribution in [0.4, 0.5) is 5.13 Å². The van der Waals surface area contributed by atoms with Crippen molar-refractivity contribution in [1.82, 2.24) is 4.98 Å². The van der Waals surface area contributed by atoms with Gasteiger partial charge in [0.2, 0.25) is 5.91 Å². The highest BCUT2D eigenvalue weighted by atomic mass is 32.2. The molecule has 0 saturated carbocycles. The molecular weight excluding hydrogens is 432 g/mol. The van der Waals surface area contributed by atoms with Crippen molar-refractivity contribution >= 4 is 42.4 Å². The Morgan fingerprint density at radius 3 is 2.32 bits per heavy atom. The Labute approximate surface area is 184 Å². The molecule has 0 spiro atoms. The summed E-state index contributed by atoms with van der Waals surface area (Å²) >= 11 is 1.36. The van der Waals surface area contributed by atoms with Crippen LogP contribution in [-0.2, 0) is 21.2 Å². The number of rotatable bonds is 7. The zero-order chi connectivity index (χ0) is 21.8. The highest BCUT2D eigenvalue weighted by molar-refractivity contribution is 7.92. The van der Waals surface area contributed by atoms with Crippen LogP contribution in [0.3, 0.4) is 0 Å². The fraction of sp³-hybridized carbons (Fsp3) is 0.130. The van der Waals surface area contributed by atoms with Crippen LogP contribution < -0.4 is 9.64 Å². The summed E-state index contributed by atoms with van der Waals surface area (Å²) in [7, 11) is -2.32. The van der Waals surface area contributed by atoms with Gasteiger partial charge in [-0.2, -0.15) is 0 Å². The first-order chi connectivity index (χ1) is 15.0. The second-order valence-corrected chi connectivity index (χ2v) is 9.86. The average molecular weight is 453 g/mol. The summed E-state index contributed by atoms with van der Waals surface area (Å²) in [5.41, 5.74) is 1.66. The third-order valence-electron chi connectivity index (χ3n) is 4.73. The van der Waals surface area contributed by atoms with E-state index in [1.165, 1.54) is 35.5 Å². The predicted octanol–water partition coefficient (Wildman–Crippen LogP) is 4.31. The second kappa shape index (κ2) is 8.87. The summed E-state index contributed by atoms with van der Waals surface area (Å²) in [6.45, 7) is 0.234. The maximum atomic E-state index is 13.2. The summed E-state index contributed by atoms with van der Waals surface area (Å²) in [6, 6.07) is 23.0. The van der Waals surface area contributed by atoms with E-state index < -0.39 is 21.5 Å². The third kappa shape index (κ3) is 4.76. The lowest BCUT2D eigenvalue weighted by molar-refractivity contribution is -0.116. The standard InChI is InChI=1S/C23H20N2O4S2/c1-29-18-11-13-19(14-12-18)31(27,28)16-22(26)25(15-17-7-3-2-4-8-17)23-24-20-9-5-6-10-21(20)30-23/h2-14H,15-16H2,1H3. The number of carbonyl (C=O) groups excluding carboxylic acids is 1. The van der Waals surface area contributed by atoms with Crippen LogP contribution in [0.25, 0.3) is 10.2 Å². The lowest BCUT2D eigenvalue weighted by Crippen LogP contribution is -2.35. The van der Waals surface area contributed by atoms with Crippen molar-refractivity contribution in [3.63, 3.8) is 0 Å². The number of fused-ring (bicyclic) bond motifs is 1. The molecule has 0 radical (unpaired) electrons. The van der Waals surface area contributed by atoms with E-state index in [0.29, 0.717) is 10.9 Å². The quantitative estimate of drug-likeness (QED) is 0.418. The lowest BCUT2D eigenvalue weighted by Gasteiger charge is -2.20. The van der Waals surface area contributed by atoms with Gasteiger partial charge in [-0.15, -0.1) is 0 Å². The van der Waals surface area contributed by atoms with Crippen LogP contribution in [0.15, 0.2) is 83.8 Å². The van der Waals surface area contributed by atoms with Gasteiger partial charge in [0.15, 0.2) is 15.0 Å². The van der Waals surface area contributed by atoms with Gasteiger partial charge in [-0.1, -0.05) is 53.8 Å². The highest BCUT2D eigenvalue weighted by Crippen LogP contribution is 2.30. The Bertz CT molecular complexity index is 1270. The molecule has 0 atom stereocenters. The van der Waals surface area contributed by atoms with Gasteiger partial charge in [0.25, 0.3) is 0 Å². The average Bonchev–Trinajstić information content (AvgIpc) is 3.21. The zero-order valence-corrected chi connectivity index (χ0v) is 18.4. The van der Waals surface area contributed by atoms with Gasteiger partial charge in [-0.05, 0) is 42.0 Å². The molecule has 0 N–H and O–H groups in total. The minimum absolute atomic E-state index is 0.0746. The Morgan fingerprint density at radius 2 is 1.65 bits per heavy atom. The number of sulfone groups is 1. The number of hydrogen-bond acceptors (Lipinski definition) is 6. The van der Waals surface area contributed by atoms with E-state index in [1.807, 2.05) is 54.6 Å². The summed E-state index contributed by atoms with van der Waals surface area (Å²) in [4.78, 5) is 19.3. The van der Waals surface area contributed by atoms with Gasteiger partial charge in [0.1, 0.15) is 11.5 Å². The predicted molar refractivity (Wildman–Crippen MR) is 122 cm³/mol. The van der Waals surface area contributed by atoms with Crippen molar-refractivity contribution in [3.05, 3.63) is 84.4 Å². The largest absolute Gasteiger partial charge is 0.497 e. The Kier molecular flexibility index (Phi) is 6.01. The Hall–Kier alpha value is -3.23. The number of aromatic nitrogens is 1. The van der Waals surface area contributed by atoms with Crippen LogP contribution in [0.1, 0.15) is 5.56 Å². The molecule has 0 aliphatic rings. The normalized spacial score (nSPS) is 11.4. The van der Waals surface area contributed by atoms with Crippen LogP contribution >= 0.6 is 11.3 Å². The third-order valence-corrected chi connectivity index (χ3v) is 7.41. The number of hydrogen-bond donors (Lipinski definition) is 0. The molecule has 0 saturated heterocycles. The van der Waals surface area contributed by atoms with Crippen LogP contribution in [0, 0.1) is 0 Å². The Balaban J connectivity index is 1.65. The molecule has 1 heterocycles. The SMILES string of the molecule is COc1ccc(S(=O)(=O)CC(=O)N(Cc2ccccc2)c2nc3ccccc3s2)cc1. The summed E-state index contributed by atoms with van der Waals surface area (Å²) in [6.07, 6.45) is 0. The lowest BCUT2D eigenvalue weighted by atomic mass is 10.2. The van der Waals surface area contributed by atoms with Crippen molar-refractivity contribution in [2.24, 2.45) is 0 Å². The van der Waals surface area contributed by atoms with Crippen molar-refractivity contribution in [2.45, 2.75) is 11.4 Å². The number of thiazole rings is 1. The van der Waals surface area contributed by atoms with Gasteiger partial charge >= 0.3 is 0 Å². The minimum atomic E-state index is -3.83. The first-order valence-electron chi connectivity index (χ1n) is 9.53. The molecular formula is C23H20N2O4S2. The topological polar surface area (TPSA) is 76.6 Å². The van der Waals surface area contributed by atoms with E-state index in [4.69, 9.17) is 4.74 Å². The molecule has 0 unspecified atom stereocenters. The fourth-order valence-corrected chi connectivity index (χ4v) is 5.29. The first-order valence-corrected chi connectivity index (χ1v) is 12.0. The molecule has 0 bridgehead atoms. The molecule has 1 aromatic heterocycles. The fourth-order valence-electron chi connectivity index (χ4n) is 3.11. The molecule has 0 aliphatic carbocycles. The number of benzene rings is 3. The maximum Gasteiger partial charge on any atom is 0.244 e. The van der Waals surface area contributed by atoms with E-state index in [0.717, 1.165) is 15.8 Å². The molecule has 158 valence electrons. The number of amides is 1. The van der Waals surface area contributed by atoms with Crippen LogP contribution in [-0.4, -0.2) is 32.2 Å². The number of carbonyl (C=O) groups is 1. The Morgan fingerprint density at radius 1 is 0.968 bits per heavy atom. The highest BCUT2D eigenvalue weighted by Gasteiger charge is 2.27. The molecule has 0 fully saturated rings. The molecule has 1 amide bonds. The van der Waals surface area contributed by atoms with E-state index in [-0.39, 0.29) is 11.4 Å². The van der Waals surface area contributed by atoms with Gasteiger partial charge in [0.05, 0.1) is 28.8 Å². The van der Waals surface area contributed by atoms with E-state index in [1.54, 1.807) is 12.1 Å². The van der Waals surface area contributed by atoms with Crippen LogP contribution in [0.5, 0.6) is 5.75 Å². The molecule has 3 aromatic carbocycles. The van der Waals surface area contributed by atoms with Gasteiger partial charge in [0, 0.05) is 0 Å². The van der Waals surface area contributed by atoms with Gasteiger partial charge in [-0.25, -0.2) is 13.4 Å². The number of anilines is 1. The first kappa shape index (κ1) is 21.0. The van der Waals surface area contributed by atoms with Crippen molar-refractivity contribution in [3.8, 4) is 5.75 Å². The summed E-state index contributed by atoms with van der Waals surface area (Å²) in [5.74, 6) is -0.633. The maximum absolute atomic E-state index is 13.2. The van der Waals surface area contributed by atoms with Crippen molar-refractivity contribution < 1.29 is 17.9 Å². The molecule has 8 heteroatoms. The van der Waals surface area contributed by atoms with Gasteiger partial charge < -0.3 is 4.74 Å². The minimum Gasteiger partial charge on any atom is -0.497 e. The molecule has 4 aromatic rings. The van der Waals surface area contributed by atoms with E-state index in [9.17, 15) is 13.2 Å². The van der Waals surface area contributed by atoms with E-state index >= 15 is 0 Å². The van der Waals surface area contributed by atoms with Crippen LogP contribution in [0.2, 0.25) is 0 Å². The molecule has 31 heavy (non-hydrogen) atoms. The molecule has 4 rings (SSSR count). The number of nitrogens with zero attached hydrogens (tertiary/aromatic N) is 2. The van der Waals surface area contributed by atoms with E-state index in [2.05, 4.69) is 4.98 Å².